The summed E-state index contributed by atoms with van der Waals surface area (Å²) in [5.74, 6) is -0.102. The number of ether oxygens (including phenoxy) is 1. The molecular weight excluding hydrogens is 452 g/mol. The number of carbonyl (C=O) groups is 1. The molecule has 178 valence electrons. The van der Waals surface area contributed by atoms with Gasteiger partial charge in [-0.05, 0) is 36.8 Å². The summed E-state index contributed by atoms with van der Waals surface area (Å²) in [5, 5.41) is 9.93. The van der Waals surface area contributed by atoms with Gasteiger partial charge in [0.1, 0.15) is 5.75 Å². The molecule has 3 aromatic rings. The van der Waals surface area contributed by atoms with E-state index in [1.165, 1.54) is 11.5 Å². The first-order valence-corrected chi connectivity index (χ1v) is 11.0. The molecule has 2 N–H and O–H groups in total. The number of piperazine rings is 1. The second kappa shape index (κ2) is 11.4. The number of carboxylic acid groups (broad SMARTS) is 1. The van der Waals surface area contributed by atoms with E-state index in [0.29, 0.717) is 13.1 Å². The lowest BCUT2D eigenvalue weighted by molar-refractivity contribution is 0.0542. The predicted octanol–water partition coefficient (Wildman–Crippen LogP) is 4.91. The number of aromatic amines is 1. The van der Waals surface area contributed by atoms with Crippen LogP contribution in [0.1, 0.15) is 21.5 Å². The van der Waals surface area contributed by atoms with E-state index in [9.17, 15) is 13.6 Å². The number of nitrogens with one attached hydrogen (secondary N) is 1. The van der Waals surface area contributed by atoms with E-state index < -0.39 is 12.4 Å². The van der Waals surface area contributed by atoms with Crippen LogP contribution in [0.4, 0.5) is 8.78 Å². The normalized spacial score (nSPS) is 14.8. The van der Waals surface area contributed by atoms with Gasteiger partial charge < -0.3 is 14.8 Å². The van der Waals surface area contributed by atoms with Crippen LogP contribution in [0.25, 0.3) is 10.9 Å². The highest BCUT2D eigenvalue weighted by Gasteiger charge is 2.22. The monoisotopic (exact) mass is 479 g/mol. The molecule has 2 heterocycles. The minimum absolute atomic E-state index is 0.121. The molecule has 9 heteroatoms. The minimum atomic E-state index is -2.25. The second-order valence-electron chi connectivity index (χ2n) is 7.89. The van der Waals surface area contributed by atoms with Crippen molar-refractivity contribution in [3.8, 4) is 5.75 Å². The molecule has 1 aromatic heterocycles. The van der Waals surface area contributed by atoms with Gasteiger partial charge >= 0.3 is 5.97 Å². The summed E-state index contributed by atoms with van der Waals surface area (Å²) in [6.45, 7) is 5.70. The third-order valence-electron chi connectivity index (χ3n) is 5.68. The van der Waals surface area contributed by atoms with Crippen molar-refractivity contribution in [2.75, 3.05) is 39.8 Å². The highest BCUT2D eigenvalue weighted by atomic mass is 35.5. The van der Waals surface area contributed by atoms with E-state index in [2.05, 4.69) is 28.9 Å². The van der Waals surface area contributed by atoms with Crippen LogP contribution in [0.3, 0.4) is 0 Å². The Kier molecular flexibility index (Phi) is 8.66. The Hall–Kier alpha value is -2.68. The molecule has 4 rings (SSSR count). The third-order valence-corrected chi connectivity index (χ3v) is 6.01. The number of fused-ring (bicyclic) bond motifs is 1. The number of benzene rings is 2. The van der Waals surface area contributed by atoms with Crippen LogP contribution in [0, 0.1) is 6.92 Å². The van der Waals surface area contributed by atoms with E-state index in [1.54, 1.807) is 25.3 Å². The average molecular weight is 480 g/mol. The standard InChI is InChI=1S/C17H23F2N3O.C7H5ClO2/c1-12-9-15(23-2)14(13-3-4-20-17(12)13)10-21-5-7-22(8-6-21)11-16(18)19;8-6-4-2-1-3-5(6)7(9)10/h3-4,9,16,20H,5-8,10-11H2,1-2H3;1-4H,(H,9,10). The van der Waals surface area contributed by atoms with Gasteiger partial charge in [0.05, 0.1) is 24.2 Å². The molecule has 1 aliphatic rings. The van der Waals surface area contributed by atoms with Crippen molar-refractivity contribution in [1.29, 1.82) is 0 Å². The zero-order chi connectivity index (χ0) is 24.0. The van der Waals surface area contributed by atoms with Gasteiger partial charge in [-0.3, -0.25) is 9.80 Å². The Bertz CT molecular complexity index is 1080. The number of hydrogen-bond donors (Lipinski definition) is 2. The number of aromatic nitrogens is 1. The molecule has 1 fully saturated rings. The fourth-order valence-electron chi connectivity index (χ4n) is 3.96. The topological polar surface area (TPSA) is 68.8 Å². The van der Waals surface area contributed by atoms with Gasteiger partial charge in [0.25, 0.3) is 6.43 Å². The Morgan fingerprint density at radius 3 is 2.42 bits per heavy atom. The van der Waals surface area contributed by atoms with Gasteiger partial charge in [-0.2, -0.15) is 0 Å². The van der Waals surface area contributed by atoms with Crippen molar-refractivity contribution >= 4 is 28.5 Å². The Morgan fingerprint density at radius 1 is 1.18 bits per heavy atom. The van der Waals surface area contributed by atoms with E-state index in [1.807, 2.05) is 11.1 Å². The highest BCUT2D eigenvalue weighted by Crippen LogP contribution is 2.31. The summed E-state index contributed by atoms with van der Waals surface area (Å²) >= 11 is 5.54. The molecule has 0 aliphatic carbocycles. The first kappa shape index (κ1) is 25.0. The maximum absolute atomic E-state index is 12.5. The van der Waals surface area contributed by atoms with Crippen LogP contribution in [-0.4, -0.2) is 72.1 Å². The third kappa shape index (κ3) is 6.43. The number of H-pyrrole nitrogens is 1. The van der Waals surface area contributed by atoms with Gasteiger partial charge in [0, 0.05) is 55.4 Å². The fourth-order valence-corrected chi connectivity index (χ4v) is 4.18. The summed E-state index contributed by atoms with van der Waals surface area (Å²) in [6.07, 6.45) is -0.306. The molecule has 0 bridgehead atoms. The van der Waals surface area contributed by atoms with Crippen LogP contribution in [0.15, 0.2) is 42.6 Å². The largest absolute Gasteiger partial charge is 0.496 e. The summed E-state index contributed by atoms with van der Waals surface area (Å²) < 4.78 is 30.5. The summed E-state index contributed by atoms with van der Waals surface area (Å²) in [5.41, 5.74) is 3.60. The molecule has 2 aromatic carbocycles. The van der Waals surface area contributed by atoms with Crippen molar-refractivity contribution in [3.05, 3.63) is 64.3 Å². The Balaban J connectivity index is 0.000000257. The number of carboxylic acids is 1. The second-order valence-corrected chi connectivity index (χ2v) is 8.30. The molecule has 0 saturated carbocycles. The van der Waals surface area contributed by atoms with Crippen molar-refractivity contribution in [2.45, 2.75) is 19.9 Å². The lowest BCUT2D eigenvalue weighted by atomic mass is 10.0. The number of alkyl halides is 2. The van der Waals surface area contributed by atoms with E-state index >= 15 is 0 Å². The molecule has 0 radical (unpaired) electrons. The van der Waals surface area contributed by atoms with Crippen molar-refractivity contribution in [3.63, 3.8) is 0 Å². The van der Waals surface area contributed by atoms with Gasteiger partial charge in [0.15, 0.2) is 0 Å². The smallest absolute Gasteiger partial charge is 0.337 e. The summed E-state index contributed by atoms with van der Waals surface area (Å²) in [7, 11) is 1.69. The molecule has 33 heavy (non-hydrogen) atoms. The average Bonchev–Trinajstić information content (AvgIpc) is 3.28. The van der Waals surface area contributed by atoms with E-state index in [-0.39, 0.29) is 17.1 Å². The van der Waals surface area contributed by atoms with Gasteiger partial charge in [-0.15, -0.1) is 0 Å². The molecule has 0 atom stereocenters. The zero-order valence-electron chi connectivity index (χ0n) is 18.7. The molecule has 6 nitrogen and oxygen atoms in total. The number of methoxy groups -OCH3 is 1. The maximum atomic E-state index is 12.5. The van der Waals surface area contributed by atoms with E-state index in [4.69, 9.17) is 21.4 Å². The lowest BCUT2D eigenvalue weighted by Crippen LogP contribution is -2.47. The quantitative estimate of drug-likeness (QED) is 0.526. The molecule has 0 unspecified atom stereocenters. The SMILES string of the molecule is COc1cc(C)c2[nH]ccc2c1CN1CCN(CC(F)F)CC1.O=C(O)c1ccccc1Cl. The summed E-state index contributed by atoms with van der Waals surface area (Å²) in [4.78, 5) is 17.8. The molecule has 0 amide bonds. The Morgan fingerprint density at radius 2 is 1.85 bits per heavy atom. The number of nitrogens with zero attached hydrogens (tertiary/aromatic N) is 2. The first-order chi connectivity index (χ1) is 15.8. The summed E-state index contributed by atoms with van der Waals surface area (Å²) in [6, 6.07) is 10.5. The van der Waals surface area contributed by atoms with Gasteiger partial charge in [-0.25, -0.2) is 13.6 Å². The first-order valence-electron chi connectivity index (χ1n) is 10.6. The number of aryl methyl sites for hydroxylation is 1. The zero-order valence-corrected chi connectivity index (χ0v) is 19.4. The number of halogens is 3. The van der Waals surface area contributed by atoms with Crippen LogP contribution in [0.2, 0.25) is 5.02 Å². The molecule has 0 spiro atoms. The minimum Gasteiger partial charge on any atom is -0.496 e. The van der Waals surface area contributed by atoms with Crippen LogP contribution in [-0.2, 0) is 6.54 Å². The molecule has 1 aliphatic heterocycles. The van der Waals surface area contributed by atoms with Gasteiger partial charge in [0.2, 0.25) is 0 Å². The number of aromatic carboxylic acids is 1. The lowest BCUT2D eigenvalue weighted by Gasteiger charge is -2.34. The van der Waals surface area contributed by atoms with Crippen LogP contribution < -0.4 is 4.74 Å². The maximum Gasteiger partial charge on any atom is 0.337 e. The van der Waals surface area contributed by atoms with Crippen molar-refractivity contribution in [2.24, 2.45) is 0 Å². The van der Waals surface area contributed by atoms with Crippen LogP contribution >= 0.6 is 11.6 Å². The predicted molar refractivity (Wildman–Crippen MR) is 126 cm³/mol. The van der Waals surface area contributed by atoms with Gasteiger partial charge in [-0.1, -0.05) is 23.7 Å². The van der Waals surface area contributed by atoms with Crippen LogP contribution in [0.5, 0.6) is 5.75 Å². The molecule has 1 saturated heterocycles. The fraction of sp³-hybridized carbons (Fsp3) is 0.375. The Labute approximate surface area is 196 Å². The van der Waals surface area contributed by atoms with Crippen molar-refractivity contribution < 1.29 is 23.4 Å². The highest BCUT2D eigenvalue weighted by molar-refractivity contribution is 6.33. The van der Waals surface area contributed by atoms with Crippen molar-refractivity contribution in [1.82, 2.24) is 14.8 Å². The van der Waals surface area contributed by atoms with E-state index in [0.717, 1.165) is 42.0 Å². The number of rotatable bonds is 6. The number of hydrogen-bond acceptors (Lipinski definition) is 4. The molecular formula is C24H28ClF2N3O3.